The number of hydrogen-bond donors (Lipinski definition) is 3. The molecule has 0 spiro atoms. The van der Waals surface area contributed by atoms with Crippen molar-refractivity contribution in [1.29, 1.82) is 0 Å². The van der Waals surface area contributed by atoms with Gasteiger partial charge in [0.15, 0.2) is 5.11 Å². The third-order valence-corrected chi connectivity index (χ3v) is 2.86. The van der Waals surface area contributed by atoms with E-state index in [0.717, 1.165) is 25.8 Å². The molecule has 1 aromatic carbocycles. The summed E-state index contributed by atoms with van der Waals surface area (Å²) in [6.45, 7) is 2.79. The number of nitrogens with one attached hydrogen (secondary N) is 3. The molecule has 1 rings (SSSR count). The van der Waals surface area contributed by atoms with E-state index in [9.17, 15) is 4.79 Å². The van der Waals surface area contributed by atoms with E-state index in [1.807, 2.05) is 18.2 Å². The molecule has 0 aliphatic heterocycles. The monoisotopic (exact) mass is 279 g/mol. The molecular weight excluding hydrogens is 258 g/mol. The molecule has 0 radical (unpaired) electrons. The van der Waals surface area contributed by atoms with Crippen LogP contribution in [0, 0.1) is 0 Å². The van der Waals surface area contributed by atoms with Crippen LogP contribution in [-0.2, 0) is 11.2 Å². The van der Waals surface area contributed by atoms with E-state index in [1.165, 1.54) is 5.56 Å². The molecule has 0 saturated heterocycles. The molecular formula is C14H21N3OS. The van der Waals surface area contributed by atoms with Crippen LogP contribution in [0.5, 0.6) is 0 Å². The van der Waals surface area contributed by atoms with Crippen molar-refractivity contribution in [1.82, 2.24) is 16.2 Å². The van der Waals surface area contributed by atoms with Gasteiger partial charge in [0.2, 0.25) is 5.91 Å². The molecule has 0 aliphatic carbocycles. The molecule has 1 amide bonds. The molecule has 0 heterocycles. The van der Waals surface area contributed by atoms with Crippen LogP contribution in [0.2, 0.25) is 0 Å². The Balaban J connectivity index is 2.10. The molecule has 0 aromatic heterocycles. The molecule has 4 nitrogen and oxygen atoms in total. The summed E-state index contributed by atoms with van der Waals surface area (Å²) >= 11 is 5.06. The summed E-state index contributed by atoms with van der Waals surface area (Å²) in [5, 5.41) is 3.49. The van der Waals surface area contributed by atoms with Gasteiger partial charge < -0.3 is 5.32 Å². The van der Waals surface area contributed by atoms with Gasteiger partial charge in [0.05, 0.1) is 0 Å². The second-order valence-electron chi connectivity index (χ2n) is 4.27. The van der Waals surface area contributed by atoms with Crippen LogP contribution < -0.4 is 16.2 Å². The zero-order chi connectivity index (χ0) is 13.9. The Kier molecular flexibility index (Phi) is 7.58. The molecule has 3 N–H and O–H groups in total. The molecule has 104 valence electrons. The quantitative estimate of drug-likeness (QED) is 0.550. The molecule has 5 heteroatoms. The number of benzene rings is 1. The molecule has 0 saturated carbocycles. The van der Waals surface area contributed by atoms with Crippen LogP contribution in [0.1, 0.15) is 31.7 Å². The van der Waals surface area contributed by atoms with Crippen LogP contribution in [0.15, 0.2) is 30.3 Å². The third-order valence-electron chi connectivity index (χ3n) is 2.61. The van der Waals surface area contributed by atoms with Gasteiger partial charge in [-0.05, 0) is 30.6 Å². The number of thiocarbonyl (C=S) groups is 1. The van der Waals surface area contributed by atoms with Crippen molar-refractivity contribution in [3.05, 3.63) is 35.9 Å². The van der Waals surface area contributed by atoms with Gasteiger partial charge in [-0.3, -0.25) is 15.6 Å². The first kappa shape index (κ1) is 15.4. The van der Waals surface area contributed by atoms with Crippen molar-refractivity contribution < 1.29 is 4.79 Å². The van der Waals surface area contributed by atoms with Crippen molar-refractivity contribution >= 4 is 23.2 Å². The number of carbonyl (C=O) groups is 1. The van der Waals surface area contributed by atoms with Crippen LogP contribution in [0.3, 0.4) is 0 Å². The number of amides is 1. The van der Waals surface area contributed by atoms with E-state index in [-0.39, 0.29) is 5.91 Å². The van der Waals surface area contributed by atoms with Gasteiger partial charge in [0, 0.05) is 13.0 Å². The number of unbranched alkanes of at least 4 members (excludes halogenated alkanes) is 1. The van der Waals surface area contributed by atoms with E-state index >= 15 is 0 Å². The van der Waals surface area contributed by atoms with E-state index in [1.54, 1.807) is 0 Å². The van der Waals surface area contributed by atoms with Gasteiger partial charge in [0.1, 0.15) is 0 Å². The van der Waals surface area contributed by atoms with Crippen molar-refractivity contribution in [3.8, 4) is 0 Å². The fourth-order valence-electron chi connectivity index (χ4n) is 1.54. The Morgan fingerprint density at radius 3 is 2.63 bits per heavy atom. The summed E-state index contributed by atoms with van der Waals surface area (Å²) in [5.74, 6) is -0.0333. The first-order chi connectivity index (χ1) is 9.22. The van der Waals surface area contributed by atoms with Gasteiger partial charge in [-0.15, -0.1) is 0 Å². The molecule has 0 bridgehead atoms. The van der Waals surface area contributed by atoms with Gasteiger partial charge in [-0.25, -0.2) is 0 Å². The predicted octanol–water partition coefficient (Wildman–Crippen LogP) is 1.91. The van der Waals surface area contributed by atoms with Crippen molar-refractivity contribution in [3.63, 3.8) is 0 Å². The lowest BCUT2D eigenvalue weighted by Crippen LogP contribution is -2.47. The van der Waals surface area contributed by atoms with Crippen LogP contribution in [0.4, 0.5) is 0 Å². The van der Waals surface area contributed by atoms with E-state index in [0.29, 0.717) is 11.5 Å². The first-order valence-electron chi connectivity index (χ1n) is 6.59. The lowest BCUT2D eigenvalue weighted by atomic mass is 10.1. The van der Waals surface area contributed by atoms with Gasteiger partial charge in [0.25, 0.3) is 0 Å². The Hall–Kier alpha value is -1.62. The number of carbonyl (C=O) groups excluding carboxylic acids is 1. The molecule has 19 heavy (non-hydrogen) atoms. The summed E-state index contributed by atoms with van der Waals surface area (Å²) in [4.78, 5) is 11.3. The largest absolute Gasteiger partial charge is 0.361 e. The van der Waals surface area contributed by atoms with Gasteiger partial charge in [-0.2, -0.15) is 0 Å². The smallest absolute Gasteiger partial charge is 0.238 e. The Bertz CT molecular complexity index is 395. The SMILES string of the molecule is CCCCC(=O)NNC(=S)NCCc1ccccc1. The molecule has 0 atom stereocenters. The average Bonchev–Trinajstić information content (AvgIpc) is 2.44. The summed E-state index contributed by atoms with van der Waals surface area (Å²) < 4.78 is 0. The topological polar surface area (TPSA) is 53.2 Å². The Morgan fingerprint density at radius 2 is 1.95 bits per heavy atom. The molecule has 1 aromatic rings. The highest BCUT2D eigenvalue weighted by Crippen LogP contribution is 1.97. The number of hydrazine groups is 1. The fourth-order valence-corrected chi connectivity index (χ4v) is 1.69. The normalized spacial score (nSPS) is 9.74. The van der Waals surface area contributed by atoms with E-state index in [4.69, 9.17) is 12.2 Å². The first-order valence-corrected chi connectivity index (χ1v) is 6.99. The van der Waals surface area contributed by atoms with E-state index in [2.05, 4.69) is 35.2 Å². The third kappa shape index (κ3) is 7.41. The summed E-state index contributed by atoms with van der Waals surface area (Å²) in [7, 11) is 0. The zero-order valence-electron chi connectivity index (χ0n) is 11.2. The minimum absolute atomic E-state index is 0.0333. The van der Waals surface area contributed by atoms with Crippen molar-refractivity contribution in [2.24, 2.45) is 0 Å². The number of rotatable bonds is 6. The molecule has 0 aliphatic rings. The fraction of sp³-hybridized carbons (Fsp3) is 0.429. The predicted molar refractivity (Wildman–Crippen MR) is 81.6 cm³/mol. The van der Waals surface area contributed by atoms with Crippen LogP contribution in [0.25, 0.3) is 0 Å². The lowest BCUT2D eigenvalue weighted by molar-refractivity contribution is -0.121. The summed E-state index contributed by atoms with van der Waals surface area (Å²) in [6, 6.07) is 10.2. The number of hydrogen-bond acceptors (Lipinski definition) is 2. The minimum Gasteiger partial charge on any atom is -0.361 e. The van der Waals surface area contributed by atoms with E-state index < -0.39 is 0 Å². The highest BCUT2D eigenvalue weighted by Gasteiger charge is 2.00. The lowest BCUT2D eigenvalue weighted by Gasteiger charge is -2.11. The van der Waals surface area contributed by atoms with Crippen molar-refractivity contribution in [2.45, 2.75) is 32.6 Å². The van der Waals surface area contributed by atoms with Gasteiger partial charge >= 0.3 is 0 Å². The Morgan fingerprint density at radius 1 is 1.21 bits per heavy atom. The summed E-state index contributed by atoms with van der Waals surface area (Å²) in [6.07, 6.45) is 3.32. The average molecular weight is 279 g/mol. The van der Waals surface area contributed by atoms with Crippen LogP contribution >= 0.6 is 12.2 Å². The maximum absolute atomic E-state index is 11.3. The molecule has 0 fully saturated rings. The zero-order valence-corrected chi connectivity index (χ0v) is 12.1. The summed E-state index contributed by atoms with van der Waals surface area (Å²) in [5.41, 5.74) is 6.53. The molecule has 0 unspecified atom stereocenters. The van der Waals surface area contributed by atoms with Crippen LogP contribution in [-0.4, -0.2) is 17.6 Å². The minimum atomic E-state index is -0.0333. The van der Waals surface area contributed by atoms with Gasteiger partial charge in [-0.1, -0.05) is 43.7 Å². The second kappa shape index (κ2) is 9.33. The second-order valence-corrected chi connectivity index (χ2v) is 4.68. The highest BCUT2D eigenvalue weighted by atomic mass is 32.1. The maximum Gasteiger partial charge on any atom is 0.238 e. The Labute approximate surface area is 119 Å². The van der Waals surface area contributed by atoms with Crippen molar-refractivity contribution in [2.75, 3.05) is 6.54 Å². The standard InChI is InChI=1S/C14H21N3OS/c1-2-3-9-13(18)16-17-14(19)15-11-10-12-7-5-4-6-8-12/h4-8H,2-3,9-11H2,1H3,(H,16,18)(H2,15,17,19). The highest BCUT2D eigenvalue weighted by molar-refractivity contribution is 7.80. The maximum atomic E-state index is 11.3.